The molecule has 0 spiro atoms. The summed E-state index contributed by atoms with van der Waals surface area (Å²) in [5.41, 5.74) is 6.49. The zero-order chi connectivity index (χ0) is 17.5. The number of hydrogen-bond acceptors (Lipinski definition) is 4. The summed E-state index contributed by atoms with van der Waals surface area (Å²) in [6, 6.07) is 8.06. The van der Waals surface area contributed by atoms with Gasteiger partial charge in [0.05, 0.1) is 11.5 Å². The number of ether oxygens (including phenoxy) is 2. The summed E-state index contributed by atoms with van der Waals surface area (Å²) in [7, 11) is 0. The van der Waals surface area contributed by atoms with Crippen molar-refractivity contribution in [3.8, 4) is 5.75 Å². The molecule has 2 fully saturated rings. The van der Waals surface area contributed by atoms with Crippen LogP contribution in [0.25, 0.3) is 0 Å². The molecule has 3 N–H and O–H groups in total. The van der Waals surface area contributed by atoms with Crippen molar-refractivity contribution in [3.05, 3.63) is 29.8 Å². The van der Waals surface area contributed by atoms with Gasteiger partial charge in [0, 0.05) is 26.3 Å². The molecule has 0 atom stereocenters. The molecule has 1 aromatic rings. The van der Waals surface area contributed by atoms with Crippen molar-refractivity contribution >= 4 is 5.91 Å². The molecule has 2 aliphatic rings. The van der Waals surface area contributed by atoms with Crippen molar-refractivity contribution in [1.82, 2.24) is 5.32 Å². The molecule has 1 saturated heterocycles. The largest absolute Gasteiger partial charge is 0.490 e. The Kier molecular flexibility index (Phi) is 6.32. The van der Waals surface area contributed by atoms with Gasteiger partial charge in [-0.2, -0.15) is 0 Å². The second kappa shape index (κ2) is 8.68. The number of carbonyl (C=O) groups excluding carboxylic acids is 1. The molecule has 1 saturated carbocycles. The van der Waals surface area contributed by atoms with Gasteiger partial charge in [0.25, 0.3) is 0 Å². The Balaban J connectivity index is 1.50. The van der Waals surface area contributed by atoms with Crippen LogP contribution in [-0.2, 0) is 16.1 Å². The standard InChI is InChI=1S/C20H30N2O3/c21-15-20(10-12-24-13-11-20)19(23)22-14-16-6-8-18(9-7-16)25-17-4-2-1-3-5-17/h6-9,17H,1-5,10-15,21H2,(H,22,23). The van der Waals surface area contributed by atoms with Crippen molar-refractivity contribution in [3.63, 3.8) is 0 Å². The summed E-state index contributed by atoms with van der Waals surface area (Å²) in [4.78, 5) is 12.6. The number of amides is 1. The average Bonchev–Trinajstić information content (AvgIpc) is 2.68. The van der Waals surface area contributed by atoms with E-state index in [1.807, 2.05) is 24.3 Å². The third-order valence-corrected chi connectivity index (χ3v) is 5.55. The normalized spacial score (nSPS) is 20.8. The second-order valence-corrected chi connectivity index (χ2v) is 7.30. The summed E-state index contributed by atoms with van der Waals surface area (Å²) in [5.74, 6) is 0.964. The lowest BCUT2D eigenvalue weighted by molar-refractivity contribution is -0.136. The minimum atomic E-state index is -0.470. The van der Waals surface area contributed by atoms with E-state index in [2.05, 4.69) is 5.32 Å². The second-order valence-electron chi connectivity index (χ2n) is 7.30. The minimum absolute atomic E-state index is 0.0424. The molecular formula is C20H30N2O3. The highest BCUT2D eigenvalue weighted by Crippen LogP contribution is 2.29. The summed E-state index contributed by atoms with van der Waals surface area (Å²) in [5, 5.41) is 3.05. The molecule has 1 heterocycles. The molecule has 1 amide bonds. The molecule has 25 heavy (non-hydrogen) atoms. The van der Waals surface area contributed by atoms with Gasteiger partial charge in [-0.25, -0.2) is 0 Å². The van der Waals surface area contributed by atoms with Gasteiger partial charge in [-0.05, 0) is 56.2 Å². The quantitative estimate of drug-likeness (QED) is 0.831. The Morgan fingerprint density at radius 1 is 1.16 bits per heavy atom. The molecule has 0 unspecified atom stereocenters. The van der Waals surface area contributed by atoms with Gasteiger partial charge in [0.2, 0.25) is 5.91 Å². The lowest BCUT2D eigenvalue weighted by Gasteiger charge is -2.34. The Hall–Kier alpha value is -1.59. The van der Waals surface area contributed by atoms with Gasteiger partial charge in [0.15, 0.2) is 0 Å². The van der Waals surface area contributed by atoms with E-state index < -0.39 is 5.41 Å². The Morgan fingerprint density at radius 2 is 1.84 bits per heavy atom. The Labute approximate surface area is 150 Å². The molecule has 3 rings (SSSR count). The monoisotopic (exact) mass is 346 g/mol. The smallest absolute Gasteiger partial charge is 0.227 e. The van der Waals surface area contributed by atoms with Crippen LogP contribution < -0.4 is 15.8 Å². The number of nitrogens with one attached hydrogen (secondary N) is 1. The maximum absolute atomic E-state index is 12.6. The minimum Gasteiger partial charge on any atom is -0.490 e. The van der Waals surface area contributed by atoms with Gasteiger partial charge in [0.1, 0.15) is 5.75 Å². The molecule has 0 aromatic heterocycles. The van der Waals surface area contributed by atoms with Gasteiger partial charge in [-0.15, -0.1) is 0 Å². The van der Waals surface area contributed by atoms with Crippen LogP contribution in [0.15, 0.2) is 24.3 Å². The van der Waals surface area contributed by atoms with Crippen LogP contribution in [0.2, 0.25) is 0 Å². The van der Waals surface area contributed by atoms with E-state index in [-0.39, 0.29) is 5.91 Å². The summed E-state index contributed by atoms with van der Waals surface area (Å²) < 4.78 is 11.4. The lowest BCUT2D eigenvalue weighted by atomic mass is 9.79. The first-order chi connectivity index (χ1) is 12.2. The topological polar surface area (TPSA) is 73.6 Å². The molecular weight excluding hydrogens is 316 g/mol. The van der Waals surface area contributed by atoms with E-state index in [1.54, 1.807) is 0 Å². The number of nitrogens with two attached hydrogens (primary N) is 1. The number of benzene rings is 1. The van der Waals surface area contributed by atoms with Gasteiger partial charge < -0.3 is 20.5 Å². The van der Waals surface area contributed by atoms with Gasteiger partial charge >= 0.3 is 0 Å². The third kappa shape index (κ3) is 4.73. The summed E-state index contributed by atoms with van der Waals surface area (Å²) in [6.45, 7) is 2.11. The summed E-state index contributed by atoms with van der Waals surface area (Å²) >= 11 is 0. The van der Waals surface area contributed by atoms with Gasteiger partial charge in [-0.1, -0.05) is 18.6 Å². The number of carbonyl (C=O) groups is 1. The molecule has 5 heteroatoms. The highest BCUT2D eigenvalue weighted by atomic mass is 16.5. The van der Waals surface area contributed by atoms with Crippen LogP contribution in [0.5, 0.6) is 5.75 Å². The number of rotatable bonds is 6. The zero-order valence-corrected chi connectivity index (χ0v) is 15.0. The van der Waals surface area contributed by atoms with Crippen molar-refractivity contribution in [1.29, 1.82) is 0 Å². The van der Waals surface area contributed by atoms with Crippen LogP contribution in [-0.4, -0.2) is 31.8 Å². The third-order valence-electron chi connectivity index (χ3n) is 5.55. The van der Waals surface area contributed by atoms with E-state index in [0.717, 1.165) is 24.2 Å². The molecule has 0 radical (unpaired) electrons. The highest BCUT2D eigenvalue weighted by molar-refractivity contribution is 5.83. The maximum atomic E-state index is 12.6. The van der Waals surface area contributed by atoms with E-state index >= 15 is 0 Å². The average molecular weight is 346 g/mol. The van der Waals surface area contributed by atoms with Crippen LogP contribution in [0.3, 0.4) is 0 Å². The van der Waals surface area contributed by atoms with Crippen molar-refractivity contribution < 1.29 is 14.3 Å². The van der Waals surface area contributed by atoms with Crippen LogP contribution in [0.4, 0.5) is 0 Å². The predicted octanol–water partition coefficient (Wildman–Crippen LogP) is 2.77. The Bertz CT molecular complexity index is 547. The fourth-order valence-corrected chi connectivity index (χ4v) is 3.72. The SMILES string of the molecule is NCC1(C(=O)NCc2ccc(OC3CCCCC3)cc2)CCOCC1. The molecule has 0 bridgehead atoms. The first-order valence-electron chi connectivity index (χ1n) is 9.54. The fraction of sp³-hybridized carbons (Fsp3) is 0.650. The van der Waals surface area contributed by atoms with E-state index in [0.29, 0.717) is 45.2 Å². The van der Waals surface area contributed by atoms with Crippen molar-refractivity contribution in [2.75, 3.05) is 19.8 Å². The molecule has 1 aliphatic carbocycles. The Morgan fingerprint density at radius 3 is 2.48 bits per heavy atom. The fourth-order valence-electron chi connectivity index (χ4n) is 3.72. The first kappa shape index (κ1) is 18.2. The number of hydrogen-bond donors (Lipinski definition) is 2. The summed E-state index contributed by atoms with van der Waals surface area (Å²) in [6.07, 6.45) is 7.93. The van der Waals surface area contributed by atoms with Crippen LogP contribution in [0.1, 0.15) is 50.5 Å². The van der Waals surface area contributed by atoms with Crippen molar-refractivity contribution in [2.45, 2.75) is 57.6 Å². The molecule has 1 aliphatic heterocycles. The van der Waals surface area contributed by atoms with E-state index in [4.69, 9.17) is 15.2 Å². The molecule has 138 valence electrons. The maximum Gasteiger partial charge on any atom is 0.227 e. The molecule has 1 aromatic carbocycles. The lowest BCUT2D eigenvalue weighted by Crippen LogP contribution is -2.48. The van der Waals surface area contributed by atoms with E-state index in [9.17, 15) is 4.79 Å². The van der Waals surface area contributed by atoms with Gasteiger partial charge in [-0.3, -0.25) is 4.79 Å². The van der Waals surface area contributed by atoms with Crippen molar-refractivity contribution in [2.24, 2.45) is 11.1 Å². The molecule has 5 nitrogen and oxygen atoms in total. The van der Waals surface area contributed by atoms with E-state index in [1.165, 1.54) is 19.3 Å². The van der Waals surface area contributed by atoms with Crippen LogP contribution in [0, 0.1) is 5.41 Å². The predicted molar refractivity (Wildman–Crippen MR) is 97.3 cm³/mol. The highest BCUT2D eigenvalue weighted by Gasteiger charge is 2.38. The van der Waals surface area contributed by atoms with Crippen LogP contribution >= 0.6 is 0 Å². The zero-order valence-electron chi connectivity index (χ0n) is 15.0. The first-order valence-corrected chi connectivity index (χ1v) is 9.54.